The topological polar surface area (TPSA) is 9.23 Å². The van der Waals surface area contributed by atoms with E-state index < -0.39 is 0 Å². The largest absolute Gasteiger partial charge is 0.457 e. The highest BCUT2D eigenvalue weighted by Gasteiger charge is 1.92. The van der Waals surface area contributed by atoms with Gasteiger partial charge in [-0.2, -0.15) is 13.5 Å². The number of benzene rings is 2. The summed E-state index contributed by atoms with van der Waals surface area (Å²) in [6.07, 6.45) is 0. The Labute approximate surface area is 90.8 Å². The Morgan fingerprint density at radius 2 is 0.929 bits per heavy atom. The van der Waals surface area contributed by atoms with Crippen LogP contribution in [0.25, 0.3) is 0 Å². The van der Waals surface area contributed by atoms with E-state index in [1.54, 1.807) is 0 Å². The van der Waals surface area contributed by atoms with Gasteiger partial charge in [-0.1, -0.05) is 36.4 Å². The minimum Gasteiger partial charge on any atom is -0.457 e. The molecule has 0 amide bonds. The summed E-state index contributed by atoms with van der Waals surface area (Å²) in [5.41, 5.74) is 0. The summed E-state index contributed by atoms with van der Waals surface area (Å²) in [4.78, 5) is 0. The van der Waals surface area contributed by atoms with Crippen LogP contribution in [0.3, 0.4) is 0 Å². The van der Waals surface area contributed by atoms with Crippen molar-refractivity contribution in [3.05, 3.63) is 60.7 Å². The Morgan fingerprint density at radius 3 is 1.29 bits per heavy atom. The molecule has 0 aromatic heterocycles. The highest BCUT2D eigenvalue weighted by atomic mass is 32.1. The first kappa shape index (κ1) is 10.7. The SMILES string of the molecule is S.c1ccc(Oc2ccccc2)cc1. The van der Waals surface area contributed by atoms with E-state index in [0.29, 0.717) is 0 Å². The molecule has 2 aromatic rings. The van der Waals surface area contributed by atoms with E-state index in [2.05, 4.69) is 0 Å². The van der Waals surface area contributed by atoms with Crippen molar-refractivity contribution in [2.75, 3.05) is 0 Å². The Bertz CT molecular complexity index is 321. The molecule has 0 saturated heterocycles. The quantitative estimate of drug-likeness (QED) is 0.726. The number of para-hydroxylation sites is 2. The van der Waals surface area contributed by atoms with E-state index in [9.17, 15) is 0 Å². The molecule has 0 spiro atoms. The standard InChI is InChI=1S/C12H10O.H2S/c1-3-7-11(8-4-1)13-12-9-5-2-6-10-12;/h1-10H;1H2. The second-order valence-electron chi connectivity index (χ2n) is 2.73. The van der Waals surface area contributed by atoms with Crippen LogP contribution >= 0.6 is 13.5 Å². The Morgan fingerprint density at radius 1 is 0.571 bits per heavy atom. The van der Waals surface area contributed by atoms with E-state index >= 15 is 0 Å². The maximum atomic E-state index is 5.58. The van der Waals surface area contributed by atoms with Crippen molar-refractivity contribution in [3.63, 3.8) is 0 Å². The average Bonchev–Trinajstić information content (AvgIpc) is 2.21. The molecule has 72 valence electrons. The lowest BCUT2D eigenvalue weighted by atomic mass is 10.3. The van der Waals surface area contributed by atoms with Crippen molar-refractivity contribution in [1.82, 2.24) is 0 Å². The van der Waals surface area contributed by atoms with Crippen LogP contribution < -0.4 is 4.74 Å². The zero-order chi connectivity index (χ0) is 8.93. The van der Waals surface area contributed by atoms with Gasteiger partial charge in [0.2, 0.25) is 0 Å². The molecule has 0 fully saturated rings. The number of ether oxygens (including phenoxy) is 1. The minimum atomic E-state index is 0. The van der Waals surface area contributed by atoms with Gasteiger partial charge in [0.25, 0.3) is 0 Å². The van der Waals surface area contributed by atoms with Crippen molar-refractivity contribution in [1.29, 1.82) is 0 Å². The molecule has 0 bridgehead atoms. The van der Waals surface area contributed by atoms with Crippen LogP contribution in [0, 0.1) is 0 Å². The lowest BCUT2D eigenvalue weighted by molar-refractivity contribution is 0.482. The molecule has 0 unspecified atom stereocenters. The van der Waals surface area contributed by atoms with Crippen molar-refractivity contribution in [3.8, 4) is 11.5 Å². The third-order valence-corrected chi connectivity index (χ3v) is 1.72. The normalized spacial score (nSPS) is 8.86. The molecule has 0 aliphatic carbocycles. The van der Waals surface area contributed by atoms with Gasteiger partial charge in [-0.3, -0.25) is 0 Å². The zero-order valence-corrected chi connectivity index (χ0v) is 8.68. The van der Waals surface area contributed by atoms with Crippen LogP contribution in [-0.4, -0.2) is 0 Å². The van der Waals surface area contributed by atoms with Crippen LogP contribution in [0.2, 0.25) is 0 Å². The Balaban J connectivity index is 0.000000980. The van der Waals surface area contributed by atoms with Gasteiger partial charge in [-0.15, -0.1) is 0 Å². The molecular formula is C12H12OS. The van der Waals surface area contributed by atoms with E-state index in [4.69, 9.17) is 4.74 Å². The number of hydrogen-bond donors (Lipinski definition) is 0. The highest BCUT2D eigenvalue weighted by molar-refractivity contribution is 7.59. The third-order valence-electron chi connectivity index (χ3n) is 1.72. The summed E-state index contributed by atoms with van der Waals surface area (Å²) in [5, 5.41) is 0. The lowest BCUT2D eigenvalue weighted by Crippen LogP contribution is -1.81. The average molecular weight is 204 g/mol. The fourth-order valence-electron chi connectivity index (χ4n) is 1.11. The molecular weight excluding hydrogens is 192 g/mol. The fraction of sp³-hybridized carbons (Fsp3) is 0. The van der Waals surface area contributed by atoms with Gasteiger partial charge in [0, 0.05) is 0 Å². The molecule has 0 radical (unpaired) electrons. The molecule has 2 heteroatoms. The molecule has 0 atom stereocenters. The van der Waals surface area contributed by atoms with Gasteiger partial charge in [0.05, 0.1) is 0 Å². The summed E-state index contributed by atoms with van der Waals surface area (Å²) >= 11 is 0. The maximum Gasteiger partial charge on any atom is 0.127 e. The van der Waals surface area contributed by atoms with E-state index in [1.165, 1.54) is 0 Å². The number of rotatable bonds is 2. The second kappa shape index (κ2) is 5.35. The first-order valence-corrected chi connectivity index (χ1v) is 4.23. The van der Waals surface area contributed by atoms with Crippen molar-refractivity contribution in [2.24, 2.45) is 0 Å². The van der Waals surface area contributed by atoms with Crippen LogP contribution in [0.15, 0.2) is 60.7 Å². The maximum absolute atomic E-state index is 5.58. The van der Waals surface area contributed by atoms with Crippen LogP contribution in [0.1, 0.15) is 0 Å². The molecule has 2 aromatic carbocycles. The molecule has 0 saturated carbocycles. The van der Waals surface area contributed by atoms with E-state index in [0.717, 1.165) is 11.5 Å². The first-order valence-electron chi connectivity index (χ1n) is 4.23. The zero-order valence-electron chi connectivity index (χ0n) is 7.68. The Kier molecular flexibility index (Phi) is 4.08. The summed E-state index contributed by atoms with van der Waals surface area (Å²) in [6, 6.07) is 19.5. The molecule has 14 heavy (non-hydrogen) atoms. The molecule has 0 heterocycles. The van der Waals surface area contributed by atoms with Gasteiger partial charge < -0.3 is 4.74 Å². The van der Waals surface area contributed by atoms with Gasteiger partial charge in [-0.25, -0.2) is 0 Å². The van der Waals surface area contributed by atoms with Gasteiger partial charge in [0.15, 0.2) is 0 Å². The summed E-state index contributed by atoms with van der Waals surface area (Å²) < 4.78 is 5.58. The van der Waals surface area contributed by atoms with Gasteiger partial charge in [0.1, 0.15) is 11.5 Å². The summed E-state index contributed by atoms with van der Waals surface area (Å²) in [5.74, 6) is 1.74. The van der Waals surface area contributed by atoms with E-state index in [-0.39, 0.29) is 13.5 Å². The predicted molar refractivity (Wildman–Crippen MR) is 63.3 cm³/mol. The summed E-state index contributed by atoms with van der Waals surface area (Å²) in [6.45, 7) is 0. The monoisotopic (exact) mass is 204 g/mol. The second-order valence-corrected chi connectivity index (χ2v) is 2.73. The van der Waals surface area contributed by atoms with Crippen molar-refractivity contribution >= 4 is 13.5 Å². The summed E-state index contributed by atoms with van der Waals surface area (Å²) in [7, 11) is 0. The first-order chi connectivity index (χ1) is 6.45. The Hall–Kier alpha value is -1.41. The number of hydrogen-bond acceptors (Lipinski definition) is 1. The highest BCUT2D eigenvalue weighted by Crippen LogP contribution is 2.19. The molecule has 2 rings (SSSR count). The van der Waals surface area contributed by atoms with E-state index in [1.807, 2.05) is 60.7 Å². The molecule has 0 aliphatic heterocycles. The molecule has 0 aliphatic rings. The van der Waals surface area contributed by atoms with Crippen molar-refractivity contribution < 1.29 is 4.74 Å². The predicted octanol–water partition coefficient (Wildman–Crippen LogP) is 3.59. The van der Waals surface area contributed by atoms with Crippen LogP contribution in [0.4, 0.5) is 0 Å². The third kappa shape index (κ3) is 2.82. The smallest absolute Gasteiger partial charge is 0.127 e. The van der Waals surface area contributed by atoms with Crippen molar-refractivity contribution in [2.45, 2.75) is 0 Å². The minimum absolute atomic E-state index is 0. The van der Waals surface area contributed by atoms with Crippen LogP contribution in [-0.2, 0) is 0 Å². The van der Waals surface area contributed by atoms with Gasteiger partial charge in [-0.05, 0) is 24.3 Å². The molecule has 0 N–H and O–H groups in total. The van der Waals surface area contributed by atoms with Crippen LogP contribution in [0.5, 0.6) is 11.5 Å². The fourth-order valence-corrected chi connectivity index (χ4v) is 1.11. The van der Waals surface area contributed by atoms with Gasteiger partial charge >= 0.3 is 0 Å². The lowest BCUT2D eigenvalue weighted by Gasteiger charge is -2.03. The molecule has 1 nitrogen and oxygen atoms in total.